The van der Waals surface area contributed by atoms with E-state index in [4.69, 9.17) is 10.5 Å². The monoisotopic (exact) mass is 261 g/mol. The molecule has 2 atom stereocenters. The Balaban J connectivity index is 1.92. The first kappa shape index (κ1) is 14.4. The topological polar surface area (TPSA) is 35.2 Å². The summed E-state index contributed by atoms with van der Waals surface area (Å²) in [4.78, 5) is 0. The second-order valence-corrected chi connectivity index (χ2v) is 6.74. The Morgan fingerprint density at radius 1 is 1.21 bits per heavy atom. The standard InChI is InChI=1S/C17H27NO/c1-17(2,3)14-8-4-5-10-16(14)19-12-11-13-7-6-9-15(13)18/h4-5,8,10,13,15H,6-7,9,11-12,18H2,1-3H3. The average Bonchev–Trinajstić information content (AvgIpc) is 2.75. The molecular formula is C17H27NO. The van der Waals surface area contributed by atoms with Crippen LogP contribution in [0.5, 0.6) is 5.75 Å². The summed E-state index contributed by atoms with van der Waals surface area (Å²) < 4.78 is 6.02. The second-order valence-electron chi connectivity index (χ2n) is 6.74. The second kappa shape index (κ2) is 5.96. The first-order valence-electron chi connectivity index (χ1n) is 7.46. The van der Waals surface area contributed by atoms with Crippen LogP contribution in [-0.2, 0) is 5.41 Å². The van der Waals surface area contributed by atoms with Crippen LogP contribution in [0.25, 0.3) is 0 Å². The van der Waals surface area contributed by atoms with Crippen LogP contribution in [0, 0.1) is 5.92 Å². The molecule has 0 aromatic heterocycles. The van der Waals surface area contributed by atoms with E-state index in [0.717, 1.165) is 18.8 Å². The van der Waals surface area contributed by atoms with Crippen LogP contribution in [0.2, 0.25) is 0 Å². The van der Waals surface area contributed by atoms with Crippen LogP contribution in [0.4, 0.5) is 0 Å². The van der Waals surface area contributed by atoms with E-state index in [1.54, 1.807) is 0 Å². The summed E-state index contributed by atoms with van der Waals surface area (Å²) in [6, 6.07) is 8.76. The predicted octanol–water partition coefficient (Wildman–Crippen LogP) is 3.88. The summed E-state index contributed by atoms with van der Waals surface area (Å²) in [6.45, 7) is 7.46. The SMILES string of the molecule is CC(C)(C)c1ccccc1OCCC1CCCC1N. The fraction of sp³-hybridized carbons (Fsp3) is 0.647. The number of ether oxygens (including phenoxy) is 1. The van der Waals surface area contributed by atoms with Crippen molar-refractivity contribution in [1.29, 1.82) is 0 Å². The minimum atomic E-state index is 0.125. The third kappa shape index (κ3) is 3.73. The maximum Gasteiger partial charge on any atom is 0.123 e. The molecule has 2 rings (SSSR count). The molecule has 1 fully saturated rings. The van der Waals surface area contributed by atoms with Gasteiger partial charge in [0.2, 0.25) is 0 Å². The van der Waals surface area contributed by atoms with E-state index >= 15 is 0 Å². The van der Waals surface area contributed by atoms with E-state index in [9.17, 15) is 0 Å². The molecule has 0 aliphatic heterocycles. The van der Waals surface area contributed by atoms with Crippen molar-refractivity contribution in [1.82, 2.24) is 0 Å². The molecule has 0 saturated heterocycles. The molecule has 0 amide bonds. The van der Waals surface area contributed by atoms with Crippen molar-refractivity contribution in [2.24, 2.45) is 11.7 Å². The quantitative estimate of drug-likeness (QED) is 0.892. The number of benzene rings is 1. The highest BCUT2D eigenvalue weighted by molar-refractivity contribution is 5.38. The van der Waals surface area contributed by atoms with E-state index in [1.165, 1.54) is 24.8 Å². The van der Waals surface area contributed by atoms with Crippen molar-refractivity contribution in [3.8, 4) is 5.75 Å². The Hall–Kier alpha value is -1.02. The van der Waals surface area contributed by atoms with Gasteiger partial charge < -0.3 is 10.5 Å². The van der Waals surface area contributed by atoms with Crippen LogP contribution in [-0.4, -0.2) is 12.6 Å². The maximum atomic E-state index is 6.10. The number of hydrogen-bond acceptors (Lipinski definition) is 2. The van der Waals surface area contributed by atoms with Crippen LogP contribution < -0.4 is 10.5 Å². The molecule has 1 aliphatic carbocycles. The van der Waals surface area contributed by atoms with Crippen molar-refractivity contribution >= 4 is 0 Å². The Labute approximate surface area is 117 Å². The van der Waals surface area contributed by atoms with E-state index in [0.29, 0.717) is 12.0 Å². The fourth-order valence-corrected chi connectivity index (χ4v) is 2.96. The van der Waals surface area contributed by atoms with Crippen LogP contribution in [0.15, 0.2) is 24.3 Å². The molecule has 0 radical (unpaired) electrons. The third-order valence-electron chi connectivity index (χ3n) is 4.16. The number of hydrogen-bond donors (Lipinski definition) is 1. The molecule has 0 heterocycles. The minimum Gasteiger partial charge on any atom is -0.493 e. The summed E-state index contributed by atoms with van der Waals surface area (Å²) in [5.41, 5.74) is 7.51. The molecular weight excluding hydrogens is 234 g/mol. The molecule has 0 bridgehead atoms. The molecule has 2 N–H and O–H groups in total. The molecule has 2 unspecified atom stereocenters. The summed E-state index contributed by atoms with van der Waals surface area (Å²) >= 11 is 0. The van der Waals surface area contributed by atoms with Crippen LogP contribution in [0.1, 0.15) is 52.0 Å². The lowest BCUT2D eigenvalue weighted by Crippen LogP contribution is -2.25. The number of para-hydroxylation sites is 1. The molecule has 106 valence electrons. The van der Waals surface area contributed by atoms with E-state index in [1.807, 2.05) is 6.07 Å². The van der Waals surface area contributed by atoms with Gasteiger partial charge in [0.25, 0.3) is 0 Å². The first-order valence-corrected chi connectivity index (χ1v) is 7.46. The van der Waals surface area contributed by atoms with E-state index in [-0.39, 0.29) is 5.41 Å². The van der Waals surface area contributed by atoms with Crippen LogP contribution >= 0.6 is 0 Å². The molecule has 2 heteroatoms. The molecule has 1 aromatic rings. The minimum absolute atomic E-state index is 0.125. The van der Waals surface area contributed by atoms with Crippen molar-refractivity contribution in [3.05, 3.63) is 29.8 Å². The largest absolute Gasteiger partial charge is 0.493 e. The normalized spacial score (nSPS) is 23.6. The van der Waals surface area contributed by atoms with Crippen molar-refractivity contribution < 1.29 is 4.74 Å². The van der Waals surface area contributed by atoms with Gasteiger partial charge in [-0.15, -0.1) is 0 Å². The Kier molecular flexibility index (Phi) is 4.51. The fourth-order valence-electron chi connectivity index (χ4n) is 2.96. The molecule has 2 nitrogen and oxygen atoms in total. The summed E-state index contributed by atoms with van der Waals surface area (Å²) in [5.74, 6) is 1.68. The molecule has 1 aromatic carbocycles. The number of rotatable bonds is 4. The van der Waals surface area contributed by atoms with Gasteiger partial charge in [0.05, 0.1) is 6.61 Å². The summed E-state index contributed by atoms with van der Waals surface area (Å²) in [6.07, 6.45) is 4.82. The highest BCUT2D eigenvalue weighted by Crippen LogP contribution is 2.32. The van der Waals surface area contributed by atoms with Gasteiger partial charge in [0.15, 0.2) is 0 Å². The first-order chi connectivity index (χ1) is 8.98. The molecule has 1 aliphatic rings. The summed E-state index contributed by atoms with van der Waals surface area (Å²) in [5, 5.41) is 0. The Morgan fingerprint density at radius 3 is 2.58 bits per heavy atom. The lowest BCUT2D eigenvalue weighted by molar-refractivity contribution is 0.265. The zero-order chi connectivity index (χ0) is 13.9. The van der Waals surface area contributed by atoms with Gasteiger partial charge in [0.1, 0.15) is 5.75 Å². The van der Waals surface area contributed by atoms with Gasteiger partial charge >= 0.3 is 0 Å². The van der Waals surface area contributed by atoms with Crippen molar-refractivity contribution in [3.63, 3.8) is 0 Å². The van der Waals surface area contributed by atoms with Gasteiger partial charge in [-0.05, 0) is 42.2 Å². The molecule has 19 heavy (non-hydrogen) atoms. The Morgan fingerprint density at radius 2 is 1.95 bits per heavy atom. The average molecular weight is 261 g/mol. The lowest BCUT2D eigenvalue weighted by atomic mass is 9.86. The molecule has 1 saturated carbocycles. The highest BCUT2D eigenvalue weighted by atomic mass is 16.5. The number of nitrogens with two attached hydrogens (primary N) is 1. The van der Waals surface area contributed by atoms with Gasteiger partial charge in [-0.25, -0.2) is 0 Å². The van der Waals surface area contributed by atoms with Gasteiger partial charge in [-0.3, -0.25) is 0 Å². The van der Waals surface area contributed by atoms with Gasteiger partial charge in [0, 0.05) is 6.04 Å². The predicted molar refractivity (Wildman–Crippen MR) is 80.6 cm³/mol. The van der Waals surface area contributed by atoms with Gasteiger partial charge in [-0.2, -0.15) is 0 Å². The smallest absolute Gasteiger partial charge is 0.123 e. The zero-order valence-electron chi connectivity index (χ0n) is 12.5. The maximum absolute atomic E-state index is 6.10. The van der Waals surface area contributed by atoms with Gasteiger partial charge in [-0.1, -0.05) is 45.4 Å². The Bertz CT molecular complexity index is 408. The van der Waals surface area contributed by atoms with E-state index < -0.39 is 0 Å². The molecule has 0 spiro atoms. The van der Waals surface area contributed by atoms with E-state index in [2.05, 4.69) is 39.0 Å². The lowest BCUT2D eigenvalue weighted by Gasteiger charge is -2.23. The summed E-state index contributed by atoms with van der Waals surface area (Å²) in [7, 11) is 0. The van der Waals surface area contributed by atoms with Crippen molar-refractivity contribution in [2.75, 3.05) is 6.61 Å². The highest BCUT2D eigenvalue weighted by Gasteiger charge is 2.24. The van der Waals surface area contributed by atoms with Crippen LogP contribution in [0.3, 0.4) is 0 Å². The third-order valence-corrected chi connectivity index (χ3v) is 4.16. The zero-order valence-corrected chi connectivity index (χ0v) is 12.5. The van der Waals surface area contributed by atoms with Crippen molar-refractivity contribution in [2.45, 2.75) is 57.9 Å².